The molecule has 0 aromatic carbocycles. The van der Waals surface area contributed by atoms with E-state index in [1.807, 2.05) is 0 Å². The molecule has 0 radical (unpaired) electrons. The van der Waals surface area contributed by atoms with Crippen LogP contribution in [0.1, 0.15) is 33.1 Å². The lowest BCUT2D eigenvalue weighted by molar-refractivity contribution is -0.143. The Kier molecular flexibility index (Phi) is 12.2. The maximum atomic E-state index is 12.5. The second-order valence-corrected chi connectivity index (χ2v) is 7.13. The minimum Gasteiger partial charge on any atom is -0.480 e. The molecule has 0 bridgehead atoms. The van der Waals surface area contributed by atoms with Crippen molar-refractivity contribution in [3.8, 4) is 0 Å². The third-order valence-corrected chi connectivity index (χ3v) is 4.01. The molecular weight excluding hydrogens is 412 g/mol. The maximum absolute atomic E-state index is 12.5. The maximum Gasteiger partial charge on any atom is 0.326 e. The van der Waals surface area contributed by atoms with Crippen LogP contribution in [0.5, 0.6) is 0 Å². The van der Waals surface area contributed by atoms with Crippen LogP contribution in [0.15, 0.2) is 4.99 Å². The highest BCUT2D eigenvalue weighted by atomic mass is 16.4. The molecule has 0 aromatic heterocycles. The third-order valence-electron chi connectivity index (χ3n) is 4.01. The first kappa shape index (κ1) is 27.6. The molecular formula is C17H32N8O6. The van der Waals surface area contributed by atoms with E-state index in [4.69, 9.17) is 28.0 Å². The number of carboxylic acid groups (broad SMARTS) is 1. The average molecular weight is 444 g/mol. The number of carbonyl (C=O) groups excluding carboxylic acids is 4. The summed E-state index contributed by atoms with van der Waals surface area (Å²) >= 11 is 0. The van der Waals surface area contributed by atoms with Crippen LogP contribution in [0.25, 0.3) is 0 Å². The first-order valence-electron chi connectivity index (χ1n) is 9.54. The van der Waals surface area contributed by atoms with E-state index in [1.54, 1.807) is 13.8 Å². The van der Waals surface area contributed by atoms with E-state index in [0.29, 0.717) is 6.42 Å². The Bertz CT molecular complexity index is 692. The Morgan fingerprint density at radius 2 is 1.61 bits per heavy atom. The van der Waals surface area contributed by atoms with Crippen molar-refractivity contribution in [3.63, 3.8) is 0 Å². The molecule has 0 aliphatic rings. The lowest BCUT2D eigenvalue weighted by Gasteiger charge is -2.21. The summed E-state index contributed by atoms with van der Waals surface area (Å²) in [5, 5.41) is 16.1. The Morgan fingerprint density at radius 1 is 1.00 bits per heavy atom. The highest BCUT2D eigenvalue weighted by molar-refractivity contribution is 5.93. The summed E-state index contributed by atoms with van der Waals surface area (Å²) in [6, 6.07) is -3.48. The quantitative estimate of drug-likeness (QED) is 0.0737. The van der Waals surface area contributed by atoms with Crippen molar-refractivity contribution in [3.05, 3.63) is 0 Å². The number of nitrogens with zero attached hydrogens (tertiary/aromatic N) is 1. The smallest absolute Gasteiger partial charge is 0.326 e. The van der Waals surface area contributed by atoms with E-state index >= 15 is 0 Å². The molecule has 3 unspecified atom stereocenters. The van der Waals surface area contributed by atoms with Crippen molar-refractivity contribution in [2.45, 2.75) is 51.2 Å². The molecule has 0 aromatic rings. The fraction of sp³-hybridized carbons (Fsp3) is 0.647. The van der Waals surface area contributed by atoms with Crippen LogP contribution in [0.3, 0.4) is 0 Å². The lowest BCUT2D eigenvalue weighted by atomic mass is 10.0. The average Bonchev–Trinajstić information content (AvgIpc) is 2.64. The highest BCUT2D eigenvalue weighted by Gasteiger charge is 2.26. The van der Waals surface area contributed by atoms with Gasteiger partial charge in [-0.05, 0) is 18.8 Å². The summed E-state index contributed by atoms with van der Waals surface area (Å²) in [5.41, 5.74) is 21.0. The van der Waals surface area contributed by atoms with Crippen LogP contribution in [-0.4, -0.2) is 71.9 Å². The Labute approximate surface area is 179 Å². The summed E-state index contributed by atoms with van der Waals surface area (Å²) in [5.74, 6) is -4.71. The Balaban J connectivity index is 4.99. The molecule has 176 valence electrons. The third kappa shape index (κ3) is 12.0. The van der Waals surface area contributed by atoms with E-state index < -0.39 is 60.7 Å². The molecule has 0 fully saturated rings. The fourth-order valence-electron chi connectivity index (χ4n) is 2.39. The molecule has 3 atom stereocenters. The SMILES string of the molecule is CC(C)C(NC(=O)CNC(=O)C(CCCN=C(N)N)NC(=O)C(N)CC(N)=O)C(=O)O. The molecule has 4 amide bonds. The number of rotatable bonds is 14. The molecule has 31 heavy (non-hydrogen) atoms. The van der Waals surface area contributed by atoms with Crippen molar-refractivity contribution in [2.75, 3.05) is 13.1 Å². The molecule has 14 heteroatoms. The Hall–Kier alpha value is -3.42. The zero-order valence-electron chi connectivity index (χ0n) is 17.6. The molecule has 0 aliphatic carbocycles. The van der Waals surface area contributed by atoms with E-state index in [-0.39, 0.29) is 24.8 Å². The van der Waals surface area contributed by atoms with E-state index in [9.17, 15) is 24.0 Å². The van der Waals surface area contributed by atoms with Crippen molar-refractivity contribution in [1.29, 1.82) is 0 Å². The first-order valence-corrected chi connectivity index (χ1v) is 9.54. The van der Waals surface area contributed by atoms with Crippen LogP contribution in [0.2, 0.25) is 0 Å². The minimum atomic E-state index is -1.25. The predicted molar refractivity (Wildman–Crippen MR) is 111 cm³/mol. The van der Waals surface area contributed by atoms with Crippen LogP contribution in [0.4, 0.5) is 0 Å². The lowest BCUT2D eigenvalue weighted by Crippen LogP contribution is -2.54. The molecule has 0 rings (SSSR count). The number of primary amides is 1. The van der Waals surface area contributed by atoms with Gasteiger partial charge in [-0.2, -0.15) is 0 Å². The number of guanidine groups is 1. The van der Waals surface area contributed by atoms with Gasteiger partial charge in [-0.15, -0.1) is 0 Å². The molecule has 0 spiro atoms. The van der Waals surface area contributed by atoms with E-state index in [1.165, 1.54) is 0 Å². The largest absolute Gasteiger partial charge is 0.480 e. The second kappa shape index (κ2) is 13.7. The van der Waals surface area contributed by atoms with Gasteiger partial charge in [-0.3, -0.25) is 24.2 Å². The number of amides is 4. The number of hydrogen-bond donors (Lipinski definition) is 8. The first-order chi connectivity index (χ1) is 14.3. The van der Waals surface area contributed by atoms with Gasteiger partial charge < -0.3 is 44.0 Å². The normalized spacial score (nSPS) is 13.4. The molecule has 14 nitrogen and oxygen atoms in total. The van der Waals surface area contributed by atoms with Gasteiger partial charge in [0, 0.05) is 6.54 Å². The molecule has 0 aliphatic heterocycles. The van der Waals surface area contributed by atoms with Crippen molar-refractivity contribution >= 4 is 35.6 Å². The summed E-state index contributed by atoms with van der Waals surface area (Å²) in [7, 11) is 0. The summed E-state index contributed by atoms with van der Waals surface area (Å²) < 4.78 is 0. The molecule has 0 heterocycles. The van der Waals surface area contributed by atoms with Crippen LogP contribution in [0, 0.1) is 5.92 Å². The zero-order valence-corrected chi connectivity index (χ0v) is 17.6. The number of aliphatic imine (C=N–C) groups is 1. The monoisotopic (exact) mass is 444 g/mol. The number of carbonyl (C=O) groups is 5. The zero-order chi connectivity index (χ0) is 24.1. The summed E-state index contributed by atoms with van der Waals surface area (Å²) in [6.45, 7) is 2.91. The number of nitrogens with two attached hydrogens (primary N) is 4. The van der Waals surface area contributed by atoms with Gasteiger partial charge >= 0.3 is 5.97 Å². The minimum absolute atomic E-state index is 0.100. The highest BCUT2D eigenvalue weighted by Crippen LogP contribution is 2.02. The van der Waals surface area contributed by atoms with E-state index in [0.717, 1.165) is 0 Å². The summed E-state index contributed by atoms with van der Waals surface area (Å²) in [6.07, 6.45) is -0.00662. The summed E-state index contributed by atoms with van der Waals surface area (Å²) in [4.78, 5) is 62.4. The standard InChI is InChI=1S/C17H32N8O6/c1-8(2)13(16(30)31)25-12(27)7-23-15(29)10(4-3-5-22-17(20)21)24-14(28)9(18)6-11(19)26/h8-10,13H,3-7,18H2,1-2H3,(H2,19,26)(H,23,29)(H,24,28)(H,25,27)(H,30,31)(H4,20,21,22). The fourth-order valence-corrected chi connectivity index (χ4v) is 2.39. The van der Waals surface area contributed by atoms with Gasteiger partial charge in [0.2, 0.25) is 23.6 Å². The topological polar surface area (TPSA) is 258 Å². The second-order valence-electron chi connectivity index (χ2n) is 7.13. The number of carboxylic acids is 1. The molecule has 0 saturated heterocycles. The number of nitrogens with one attached hydrogen (secondary N) is 3. The van der Waals surface area contributed by atoms with Crippen LogP contribution < -0.4 is 38.9 Å². The van der Waals surface area contributed by atoms with Crippen molar-refractivity contribution < 1.29 is 29.1 Å². The molecule has 12 N–H and O–H groups in total. The van der Waals surface area contributed by atoms with Crippen LogP contribution in [-0.2, 0) is 24.0 Å². The van der Waals surface area contributed by atoms with Gasteiger partial charge in [-0.25, -0.2) is 4.79 Å². The van der Waals surface area contributed by atoms with Gasteiger partial charge in [-0.1, -0.05) is 13.8 Å². The molecule has 0 saturated carbocycles. The van der Waals surface area contributed by atoms with Gasteiger partial charge in [0.25, 0.3) is 0 Å². The van der Waals surface area contributed by atoms with E-state index in [2.05, 4.69) is 20.9 Å². The van der Waals surface area contributed by atoms with Crippen molar-refractivity contribution in [2.24, 2.45) is 33.8 Å². The van der Waals surface area contributed by atoms with Gasteiger partial charge in [0.05, 0.1) is 19.0 Å². The number of hydrogen-bond acceptors (Lipinski definition) is 7. The predicted octanol–water partition coefficient (Wildman–Crippen LogP) is -3.93. The van der Waals surface area contributed by atoms with Crippen molar-refractivity contribution in [1.82, 2.24) is 16.0 Å². The van der Waals surface area contributed by atoms with Gasteiger partial charge in [0.1, 0.15) is 12.1 Å². The number of aliphatic carboxylic acids is 1. The van der Waals surface area contributed by atoms with Crippen LogP contribution >= 0.6 is 0 Å². The Morgan fingerprint density at radius 3 is 2.10 bits per heavy atom. The van der Waals surface area contributed by atoms with Gasteiger partial charge in [0.15, 0.2) is 5.96 Å².